The zero-order valence-electron chi connectivity index (χ0n) is 9.59. The Labute approximate surface area is 98.0 Å². The van der Waals surface area contributed by atoms with Gasteiger partial charge in [-0.2, -0.15) is 15.0 Å². The van der Waals surface area contributed by atoms with E-state index in [-0.39, 0.29) is 5.75 Å². The highest BCUT2D eigenvalue weighted by Crippen LogP contribution is 2.23. The number of rotatable bonds is 3. The Balaban J connectivity index is 2.31. The summed E-state index contributed by atoms with van der Waals surface area (Å²) in [5.41, 5.74) is 7.19. The van der Waals surface area contributed by atoms with Crippen molar-refractivity contribution in [1.29, 1.82) is 0 Å². The summed E-state index contributed by atoms with van der Waals surface area (Å²) in [6, 6.07) is 4.10. The molecule has 0 aliphatic heterocycles. The fraction of sp³-hybridized carbons (Fsp3) is 0.273. The molecule has 0 bridgehead atoms. The molecule has 0 amide bonds. The molecule has 0 radical (unpaired) electrons. The molecule has 2 rings (SSSR count). The summed E-state index contributed by atoms with van der Waals surface area (Å²) in [6.45, 7) is 0. The monoisotopic (exact) mass is 236 g/mol. The van der Waals surface area contributed by atoms with Gasteiger partial charge in [0.25, 0.3) is 0 Å². The molecule has 5 nitrogen and oxygen atoms in total. The van der Waals surface area contributed by atoms with Crippen molar-refractivity contribution in [2.45, 2.75) is 6.04 Å². The van der Waals surface area contributed by atoms with Crippen LogP contribution in [0.15, 0.2) is 24.4 Å². The Bertz CT molecular complexity index is 526. The molecule has 2 N–H and O–H groups in total. The summed E-state index contributed by atoms with van der Waals surface area (Å²) in [6.07, 6.45) is 1.56. The SMILES string of the molecule is COc1ccc(C(N)c2cnn(C)n2)cc1F. The number of methoxy groups -OCH3 is 1. The van der Waals surface area contributed by atoms with Crippen LogP contribution >= 0.6 is 0 Å². The smallest absolute Gasteiger partial charge is 0.165 e. The summed E-state index contributed by atoms with van der Waals surface area (Å²) >= 11 is 0. The highest BCUT2D eigenvalue weighted by Gasteiger charge is 2.14. The molecule has 1 unspecified atom stereocenters. The average molecular weight is 236 g/mol. The highest BCUT2D eigenvalue weighted by atomic mass is 19.1. The molecule has 0 saturated carbocycles. The largest absolute Gasteiger partial charge is 0.494 e. The van der Waals surface area contributed by atoms with Gasteiger partial charge in [0, 0.05) is 7.05 Å². The first-order chi connectivity index (χ1) is 8.11. The van der Waals surface area contributed by atoms with Crippen molar-refractivity contribution in [3.05, 3.63) is 41.5 Å². The van der Waals surface area contributed by atoms with E-state index in [2.05, 4.69) is 10.2 Å². The number of nitrogens with two attached hydrogens (primary N) is 1. The normalized spacial score (nSPS) is 12.5. The van der Waals surface area contributed by atoms with Crippen LogP contribution in [0.3, 0.4) is 0 Å². The quantitative estimate of drug-likeness (QED) is 0.863. The van der Waals surface area contributed by atoms with E-state index >= 15 is 0 Å². The third kappa shape index (κ3) is 2.26. The Morgan fingerprint density at radius 1 is 1.47 bits per heavy atom. The molecule has 0 aliphatic rings. The van der Waals surface area contributed by atoms with Crippen LogP contribution in [0.5, 0.6) is 5.75 Å². The molecule has 90 valence electrons. The van der Waals surface area contributed by atoms with Gasteiger partial charge in [-0.3, -0.25) is 0 Å². The first kappa shape index (κ1) is 11.5. The van der Waals surface area contributed by atoms with Crippen LogP contribution in [0.2, 0.25) is 0 Å². The van der Waals surface area contributed by atoms with Gasteiger partial charge in [-0.1, -0.05) is 6.07 Å². The number of aryl methyl sites for hydroxylation is 1. The summed E-state index contributed by atoms with van der Waals surface area (Å²) in [4.78, 5) is 1.41. The fourth-order valence-corrected chi connectivity index (χ4v) is 1.55. The van der Waals surface area contributed by atoms with Crippen LogP contribution in [0.4, 0.5) is 4.39 Å². The molecule has 1 aromatic heterocycles. The maximum Gasteiger partial charge on any atom is 0.165 e. The molecule has 0 saturated heterocycles. The first-order valence-electron chi connectivity index (χ1n) is 5.07. The number of nitrogens with zero attached hydrogens (tertiary/aromatic N) is 3. The second kappa shape index (κ2) is 4.50. The third-order valence-corrected chi connectivity index (χ3v) is 2.47. The van der Waals surface area contributed by atoms with Gasteiger partial charge in [0.15, 0.2) is 11.6 Å². The van der Waals surface area contributed by atoms with E-state index in [1.54, 1.807) is 25.4 Å². The Hall–Kier alpha value is -1.95. The Morgan fingerprint density at radius 3 is 2.76 bits per heavy atom. The minimum absolute atomic E-state index is 0.195. The van der Waals surface area contributed by atoms with Crippen LogP contribution in [-0.2, 0) is 7.05 Å². The molecule has 2 aromatic rings. The van der Waals surface area contributed by atoms with Crippen molar-refractivity contribution < 1.29 is 9.13 Å². The van der Waals surface area contributed by atoms with Crippen LogP contribution in [-0.4, -0.2) is 22.1 Å². The minimum Gasteiger partial charge on any atom is -0.494 e. The van der Waals surface area contributed by atoms with Gasteiger partial charge in [-0.25, -0.2) is 4.39 Å². The van der Waals surface area contributed by atoms with E-state index in [1.807, 2.05) is 0 Å². The van der Waals surface area contributed by atoms with Crippen molar-refractivity contribution >= 4 is 0 Å². The van der Waals surface area contributed by atoms with Crippen molar-refractivity contribution in [3.8, 4) is 5.75 Å². The van der Waals surface area contributed by atoms with Gasteiger partial charge in [0.05, 0.1) is 19.3 Å². The van der Waals surface area contributed by atoms with Crippen LogP contribution in [0.1, 0.15) is 17.3 Å². The Morgan fingerprint density at radius 2 is 2.24 bits per heavy atom. The van der Waals surface area contributed by atoms with E-state index in [4.69, 9.17) is 10.5 Å². The summed E-state index contributed by atoms with van der Waals surface area (Å²) in [5.74, 6) is -0.246. The maximum absolute atomic E-state index is 13.5. The lowest BCUT2D eigenvalue weighted by Gasteiger charge is -2.10. The summed E-state index contributed by atoms with van der Waals surface area (Å²) in [7, 11) is 3.12. The van der Waals surface area contributed by atoms with Gasteiger partial charge < -0.3 is 10.5 Å². The van der Waals surface area contributed by atoms with Crippen molar-refractivity contribution in [2.75, 3.05) is 7.11 Å². The maximum atomic E-state index is 13.5. The molecular formula is C11H13FN4O. The minimum atomic E-state index is -0.496. The lowest BCUT2D eigenvalue weighted by molar-refractivity contribution is 0.386. The third-order valence-electron chi connectivity index (χ3n) is 2.47. The number of benzene rings is 1. The second-order valence-electron chi connectivity index (χ2n) is 3.63. The van der Waals surface area contributed by atoms with Crippen molar-refractivity contribution in [1.82, 2.24) is 15.0 Å². The van der Waals surface area contributed by atoms with Crippen molar-refractivity contribution in [2.24, 2.45) is 12.8 Å². The topological polar surface area (TPSA) is 66.0 Å². The summed E-state index contributed by atoms with van der Waals surface area (Å²) < 4.78 is 18.4. The second-order valence-corrected chi connectivity index (χ2v) is 3.63. The lowest BCUT2D eigenvalue weighted by Crippen LogP contribution is -2.13. The molecular weight excluding hydrogens is 223 g/mol. The number of hydrogen-bond donors (Lipinski definition) is 1. The molecule has 6 heteroatoms. The summed E-state index contributed by atoms with van der Waals surface area (Å²) in [5, 5.41) is 8.01. The van der Waals surface area contributed by atoms with Gasteiger partial charge in [0.2, 0.25) is 0 Å². The average Bonchev–Trinajstić information content (AvgIpc) is 2.75. The van der Waals surface area contributed by atoms with E-state index in [9.17, 15) is 4.39 Å². The predicted octanol–water partition coefficient (Wildman–Crippen LogP) is 1.01. The molecule has 0 spiro atoms. The highest BCUT2D eigenvalue weighted by molar-refractivity contribution is 5.33. The standard InChI is InChI=1S/C11H13FN4O/c1-16-14-6-9(15-16)11(13)7-3-4-10(17-2)8(12)5-7/h3-6,11H,13H2,1-2H3. The van der Waals surface area contributed by atoms with E-state index in [0.29, 0.717) is 11.3 Å². The first-order valence-corrected chi connectivity index (χ1v) is 5.07. The lowest BCUT2D eigenvalue weighted by atomic mass is 10.1. The molecule has 0 fully saturated rings. The van der Waals surface area contributed by atoms with Crippen LogP contribution in [0, 0.1) is 5.82 Å². The van der Waals surface area contributed by atoms with E-state index < -0.39 is 11.9 Å². The van der Waals surface area contributed by atoms with Gasteiger partial charge in [-0.15, -0.1) is 0 Å². The van der Waals surface area contributed by atoms with E-state index in [1.165, 1.54) is 18.0 Å². The predicted molar refractivity (Wildman–Crippen MR) is 60.0 cm³/mol. The molecule has 1 aromatic carbocycles. The number of ether oxygens (including phenoxy) is 1. The number of aromatic nitrogens is 3. The van der Waals surface area contributed by atoms with Crippen LogP contribution in [0.25, 0.3) is 0 Å². The van der Waals surface area contributed by atoms with Crippen molar-refractivity contribution in [3.63, 3.8) is 0 Å². The molecule has 17 heavy (non-hydrogen) atoms. The van der Waals surface area contributed by atoms with Gasteiger partial charge in [-0.05, 0) is 17.7 Å². The number of halogens is 1. The van der Waals surface area contributed by atoms with Crippen LogP contribution < -0.4 is 10.5 Å². The van der Waals surface area contributed by atoms with Gasteiger partial charge in [0.1, 0.15) is 5.69 Å². The van der Waals surface area contributed by atoms with E-state index in [0.717, 1.165) is 0 Å². The molecule has 0 aliphatic carbocycles. The number of hydrogen-bond acceptors (Lipinski definition) is 4. The zero-order chi connectivity index (χ0) is 12.4. The fourth-order valence-electron chi connectivity index (χ4n) is 1.55. The molecule has 1 atom stereocenters. The molecule has 1 heterocycles. The van der Waals surface area contributed by atoms with Gasteiger partial charge >= 0.3 is 0 Å². The zero-order valence-corrected chi connectivity index (χ0v) is 9.59. The Kier molecular flexibility index (Phi) is 3.06.